The van der Waals surface area contributed by atoms with Gasteiger partial charge in [0.25, 0.3) is 0 Å². The quantitative estimate of drug-likeness (QED) is 0.363. The molecule has 0 aromatic carbocycles. The minimum Gasteiger partial charge on any atom is -0.478 e. The molecule has 0 aromatic heterocycles. The average Bonchev–Trinajstić information content (AvgIpc) is 1.85. The van der Waals surface area contributed by atoms with Crippen molar-refractivity contribution in [2.24, 2.45) is 0 Å². The Hall–Kier alpha value is -1.25. The minimum atomic E-state index is -0.935. The fourth-order valence-corrected chi connectivity index (χ4v) is 0.461. The molecular formula is C8H13NO2. The average molecular weight is 155 g/mol. The number of nitrogens with one attached hydrogen (secondary N) is 1. The van der Waals surface area contributed by atoms with Crippen LogP contribution >= 0.6 is 0 Å². The Morgan fingerprint density at radius 3 is 2.64 bits per heavy atom. The maximum Gasteiger partial charge on any atom is 0.329 e. The Kier molecular flexibility index (Phi) is 4.90. The van der Waals surface area contributed by atoms with E-state index in [4.69, 9.17) is 5.11 Å². The van der Waals surface area contributed by atoms with Gasteiger partial charge >= 0.3 is 5.97 Å². The van der Waals surface area contributed by atoms with Crippen LogP contribution < -0.4 is 5.32 Å². The number of hydrogen-bond donors (Lipinski definition) is 2. The first-order valence-electron chi connectivity index (χ1n) is 3.39. The summed E-state index contributed by atoms with van der Waals surface area (Å²) in [5.41, 5.74) is 1.21. The van der Waals surface area contributed by atoms with Gasteiger partial charge in [-0.05, 0) is 13.8 Å². The Bertz CT molecular complexity index is 179. The van der Waals surface area contributed by atoms with Crippen molar-refractivity contribution in [3.8, 4) is 0 Å². The third-order valence-electron chi connectivity index (χ3n) is 0.972. The summed E-state index contributed by atoms with van der Waals surface area (Å²) in [6.45, 7) is 4.65. The first-order chi connectivity index (χ1) is 5.13. The molecule has 11 heavy (non-hydrogen) atoms. The van der Waals surface area contributed by atoms with E-state index in [-0.39, 0.29) is 0 Å². The van der Waals surface area contributed by atoms with Crippen LogP contribution in [0.1, 0.15) is 13.8 Å². The van der Waals surface area contributed by atoms with E-state index < -0.39 is 5.97 Å². The van der Waals surface area contributed by atoms with Crippen LogP contribution in [0.5, 0.6) is 0 Å². The summed E-state index contributed by atoms with van der Waals surface area (Å²) in [5.74, 6) is -0.935. The zero-order valence-corrected chi connectivity index (χ0v) is 6.79. The van der Waals surface area contributed by atoms with Crippen LogP contribution in [0.4, 0.5) is 0 Å². The Balaban J connectivity index is 3.42. The summed E-state index contributed by atoms with van der Waals surface area (Å²) in [6.07, 6.45) is 4.47. The van der Waals surface area contributed by atoms with Gasteiger partial charge in [0, 0.05) is 18.8 Å². The van der Waals surface area contributed by atoms with E-state index in [2.05, 4.69) is 5.32 Å². The predicted molar refractivity (Wildman–Crippen MR) is 44.2 cm³/mol. The van der Waals surface area contributed by atoms with Crippen LogP contribution in [0, 0.1) is 0 Å². The lowest BCUT2D eigenvalue weighted by Gasteiger charge is -1.93. The molecule has 0 heterocycles. The van der Waals surface area contributed by atoms with Crippen LogP contribution in [-0.2, 0) is 4.79 Å². The molecule has 62 valence electrons. The van der Waals surface area contributed by atoms with Crippen molar-refractivity contribution in [3.63, 3.8) is 0 Å². The van der Waals surface area contributed by atoms with E-state index in [0.717, 1.165) is 6.08 Å². The summed E-state index contributed by atoms with van der Waals surface area (Å²) in [7, 11) is 0. The summed E-state index contributed by atoms with van der Waals surface area (Å²) in [5, 5.41) is 11.0. The fraction of sp³-hybridized carbons (Fsp3) is 0.375. The SMILES string of the molecule is CC(C)=CCN/C=C/C(=O)O. The molecule has 3 heteroatoms. The molecule has 0 radical (unpaired) electrons. The van der Waals surface area contributed by atoms with Crippen molar-refractivity contribution < 1.29 is 9.90 Å². The van der Waals surface area contributed by atoms with Crippen LogP contribution in [0.25, 0.3) is 0 Å². The zero-order chi connectivity index (χ0) is 8.69. The first kappa shape index (κ1) is 9.75. The molecule has 0 atom stereocenters. The number of aliphatic carboxylic acids is 1. The molecule has 0 aliphatic rings. The van der Waals surface area contributed by atoms with Crippen LogP contribution in [0.3, 0.4) is 0 Å². The van der Waals surface area contributed by atoms with Gasteiger partial charge < -0.3 is 10.4 Å². The molecule has 0 bridgehead atoms. The third-order valence-corrected chi connectivity index (χ3v) is 0.972. The summed E-state index contributed by atoms with van der Waals surface area (Å²) in [6, 6.07) is 0. The lowest BCUT2D eigenvalue weighted by molar-refractivity contribution is -0.131. The van der Waals surface area contributed by atoms with Crippen molar-refractivity contribution in [2.75, 3.05) is 6.54 Å². The monoisotopic (exact) mass is 155 g/mol. The zero-order valence-electron chi connectivity index (χ0n) is 6.79. The normalized spacial score (nSPS) is 9.64. The number of carboxylic acids is 1. The van der Waals surface area contributed by atoms with Crippen molar-refractivity contribution in [1.82, 2.24) is 5.32 Å². The van der Waals surface area contributed by atoms with E-state index in [1.165, 1.54) is 11.8 Å². The molecule has 0 saturated carbocycles. The van der Waals surface area contributed by atoms with E-state index in [9.17, 15) is 4.79 Å². The van der Waals surface area contributed by atoms with Gasteiger partial charge in [-0.15, -0.1) is 0 Å². The van der Waals surface area contributed by atoms with Crippen LogP contribution in [-0.4, -0.2) is 17.6 Å². The summed E-state index contributed by atoms with van der Waals surface area (Å²) in [4.78, 5) is 9.95. The Morgan fingerprint density at radius 1 is 1.55 bits per heavy atom. The Labute approximate surface area is 66.4 Å². The van der Waals surface area contributed by atoms with Gasteiger partial charge in [0.15, 0.2) is 0 Å². The van der Waals surface area contributed by atoms with Crippen molar-refractivity contribution in [2.45, 2.75) is 13.8 Å². The van der Waals surface area contributed by atoms with Crippen LogP contribution in [0.2, 0.25) is 0 Å². The van der Waals surface area contributed by atoms with Gasteiger partial charge in [-0.2, -0.15) is 0 Å². The molecule has 0 rings (SSSR count). The number of carboxylic acid groups (broad SMARTS) is 1. The maximum atomic E-state index is 9.95. The second-order valence-electron chi connectivity index (χ2n) is 2.36. The van der Waals surface area contributed by atoms with E-state index in [1.807, 2.05) is 19.9 Å². The Morgan fingerprint density at radius 2 is 2.18 bits per heavy atom. The lowest BCUT2D eigenvalue weighted by Crippen LogP contribution is -2.05. The smallest absolute Gasteiger partial charge is 0.329 e. The van der Waals surface area contributed by atoms with Crippen molar-refractivity contribution in [3.05, 3.63) is 23.9 Å². The third kappa shape index (κ3) is 8.75. The highest BCUT2D eigenvalue weighted by atomic mass is 16.4. The number of carbonyl (C=O) groups is 1. The number of rotatable bonds is 4. The predicted octanol–water partition coefficient (Wildman–Crippen LogP) is 1.14. The maximum absolute atomic E-state index is 9.95. The van der Waals surface area contributed by atoms with Crippen LogP contribution in [0.15, 0.2) is 23.9 Å². The van der Waals surface area contributed by atoms with Gasteiger partial charge in [-0.1, -0.05) is 11.6 Å². The topological polar surface area (TPSA) is 49.3 Å². The standard InChI is InChI=1S/C8H13NO2/c1-7(2)3-5-9-6-4-8(10)11/h3-4,6,9H,5H2,1-2H3,(H,10,11)/b6-4+. The van der Waals surface area contributed by atoms with E-state index in [1.54, 1.807) is 0 Å². The van der Waals surface area contributed by atoms with Crippen molar-refractivity contribution >= 4 is 5.97 Å². The number of hydrogen-bond acceptors (Lipinski definition) is 2. The molecule has 0 aliphatic heterocycles. The largest absolute Gasteiger partial charge is 0.478 e. The lowest BCUT2D eigenvalue weighted by atomic mass is 10.3. The van der Waals surface area contributed by atoms with Gasteiger partial charge in [-0.25, -0.2) is 4.79 Å². The molecule has 2 N–H and O–H groups in total. The second kappa shape index (κ2) is 5.53. The molecule has 0 spiro atoms. The second-order valence-corrected chi connectivity index (χ2v) is 2.36. The van der Waals surface area contributed by atoms with Gasteiger partial charge in [0.05, 0.1) is 0 Å². The fourth-order valence-electron chi connectivity index (χ4n) is 0.461. The number of allylic oxidation sites excluding steroid dienone is 1. The highest BCUT2D eigenvalue weighted by Gasteiger charge is 1.82. The molecular weight excluding hydrogens is 142 g/mol. The molecule has 0 unspecified atom stereocenters. The minimum absolute atomic E-state index is 0.673. The van der Waals surface area contributed by atoms with E-state index >= 15 is 0 Å². The molecule has 3 nitrogen and oxygen atoms in total. The van der Waals surface area contributed by atoms with E-state index in [0.29, 0.717) is 6.54 Å². The highest BCUT2D eigenvalue weighted by molar-refractivity contribution is 5.79. The summed E-state index contributed by atoms with van der Waals surface area (Å²) >= 11 is 0. The van der Waals surface area contributed by atoms with Crippen molar-refractivity contribution in [1.29, 1.82) is 0 Å². The van der Waals surface area contributed by atoms with Gasteiger partial charge in [-0.3, -0.25) is 0 Å². The molecule has 0 saturated heterocycles. The molecule has 0 fully saturated rings. The molecule has 0 aliphatic carbocycles. The highest BCUT2D eigenvalue weighted by Crippen LogP contribution is 1.84. The van der Waals surface area contributed by atoms with Gasteiger partial charge in [0.2, 0.25) is 0 Å². The molecule has 0 amide bonds. The first-order valence-corrected chi connectivity index (χ1v) is 3.39. The summed E-state index contributed by atoms with van der Waals surface area (Å²) < 4.78 is 0. The molecule has 0 aromatic rings. The van der Waals surface area contributed by atoms with Gasteiger partial charge in [0.1, 0.15) is 0 Å².